The minimum Gasteiger partial charge on any atom is -0.396 e. The Morgan fingerprint density at radius 2 is 1.83 bits per heavy atom. The smallest absolute Gasteiger partial charge is 0.246 e. The van der Waals surface area contributed by atoms with Gasteiger partial charge in [0.15, 0.2) is 0 Å². The second-order valence-electron chi connectivity index (χ2n) is 6.44. The number of benzene rings is 1. The number of hydrogen-bond acceptors (Lipinski definition) is 3. The van der Waals surface area contributed by atoms with Crippen LogP contribution in [0.2, 0.25) is 0 Å². The molecule has 0 aromatic heterocycles. The van der Waals surface area contributed by atoms with Crippen molar-refractivity contribution in [2.45, 2.75) is 38.6 Å². The third kappa shape index (κ3) is 5.20. The predicted octanol–water partition coefficient (Wildman–Crippen LogP) is 2.67. The van der Waals surface area contributed by atoms with E-state index in [1.807, 2.05) is 31.3 Å². The number of likely N-dealkylation sites (N-methyl/N-ethyl adjacent to an activating group) is 1. The van der Waals surface area contributed by atoms with Crippen molar-refractivity contribution < 1.29 is 14.7 Å². The summed E-state index contributed by atoms with van der Waals surface area (Å²) in [5.41, 5.74) is 1.65. The number of carbonyl (C=O) groups excluding carboxylic acids is 2. The van der Waals surface area contributed by atoms with Crippen molar-refractivity contribution in [2.75, 3.05) is 19.0 Å². The van der Waals surface area contributed by atoms with E-state index in [0.29, 0.717) is 5.92 Å². The van der Waals surface area contributed by atoms with Crippen LogP contribution in [0.1, 0.15) is 38.2 Å². The number of aliphatic hydroxyl groups is 1. The fraction of sp³-hybridized carbons (Fsp3) is 0.474. The van der Waals surface area contributed by atoms with Crippen LogP contribution < -0.4 is 5.32 Å². The predicted molar refractivity (Wildman–Crippen MR) is 95.4 cm³/mol. The molecule has 1 aromatic carbocycles. The lowest BCUT2D eigenvalue weighted by Gasteiger charge is -2.33. The summed E-state index contributed by atoms with van der Waals surface area (Å²) in [6.45, 7) is 1.72. The van der Waals surface area contributed by atoms with Gasteiger partial charge in [-0.15, -0.1) is 0 Å². The molecule has 0 radical (unpaired) electrons. The molecule has 0 bridgehead atoms. The molecule has 0 unspecified atom stereocenters. The zero-order valence-electron chi connectivity index (χ0n) is 14.4. The zero-order valence-corrected chi connectivity index (χ0v) is 14.4. The van der Waals surface area contributed by atoms with Crippen LogP contribution in [0.15, 0.2) is 30.3 Å². The van der Waals surface area contributed by atoms with Crippen LogP contribution in [-0.2, 0) is 9.59 Å². The topological polar surface area (TPSA) is 69.6 Å². The summed E-state index contributed by atoms with van der Waals surface area (Å²) in [5.74, 6) is 0.279. The molecule has 1 aliphatic rings. The molecule has 24 heavy (non-hydrogen) atoms. The third-order valence-corrected chi connectivity index (χ3v) is 4.62. The van der Waals surface area contributed by atoms with Gasteiger partial charge in [-0.1, -0.05) is 12.1 Å². The van der Waals surface area contributed by atoms with Crippen LogP contribution in [0.5, 0.6) is 0 Å². The van der Waals surface area contributed by atoms with Gasteiger partial charge in [0, 0.05) is 38.4 Å². The van der Waals surface area contributed by atoms with E-state index < -0.39 is 0 Å². The van der Waals surface area contributed by atoms with Crippen molar-refractivity contribution in [3.63, 3.8) is 0 Å². The molecule has 1 saturated carbocycles. The number of carbonyl (C=O) groups is 2. The first kappa shape index (κ1) is 18.2. The lowest BCUT2D eigenvalue weighted by molar-refractivity contribution is -0.127. The molecule has 1 aromatic rings. The van der Waals surface area contributed by atoms with Crippen molar-refractivity contribution >= 4 is 23.6 Å². The van der Waals surface area contributed by atoms with E-state index in [9.17, 15) is 14.7 Å². The van der Waals surface area contributed by atoms with Crippen molar-refractivity contribution in [3.05, 3.63) is 35.9 Å². The van der Waals surface area contributed by atoms with Crippen LogP contribution in [-0.4, -0.2) is 41.5 Å². The fourth-order valence-corrected chi connectivity index (χ4v) is 3.06. The molecule has 2 rings (SSSR count). The Balaban J connectivity index is 1.88. The third-order valence-electron chi connectivity index (χ3n) is 4.62. The first-order chi connectivity index (χ1) is 11.5. The highest BCUT2D eigenvalue weighted by Gasteiger charge is 2.25. The van der Waals surface area contributed by atoms with Crippen LogP contribution in [0, 0.1) is 5.92 Å². The number of hydrogen-bond donors (Lipinski definition) is 2. The molecule has 0 spiro atoms. The van der Waals surface area contributed by atoms with Crippen LogP contribution in [0.25, 0.3) is 6.08 Å². The number of amides is 2. The molecule has 130 valence electrons. The van der Waals surface area contributed by atoms with E-state index in [1.54, 1.807) is 17.1 Å². The van der Waals surface area contributed by atoms with Gasteiger partial charge in [0.05, 0.1) is 0 Å². The van der Waals surface area contributed by atoms with Crippen molar-refractivity contribution in [2.24, 2.45) is 5.92 Å². The maximum Gasteiger partial charge on any atom is 0.246 e. The van der Waals surface area contributed by atoms with Crippen molar-refractivity contribution in [1.82, 2.24) is 4.90 Å². The maximum atomic E-state index is 12.3. The van der Waals surface area contributed by atoms with Gasteiger partial charge in [0.25, 0.3) is 0 Å². The second-order valence-corrected chi connectivity index (χ2v) is 6.44. The largest absolute Gasteiger partial charge is 0.396 e. The van der Waals surface area contributed by atoms with Gasteiger partial charge >= 0.3 is 0 Å². The Morgan fingerprint density at radius 3 is 2.38 bits per heavy atom. The van der Waals surface area contributed by atoms with Crippen molar-refractivity contribution in [3.8, 4) is 0 Å². The minimum atomic E-state index is -0.106. The van der Waals surface area contributed by atoms with Gasteiger partial charge in [0.2, 0.25) is 11.8 Å². The van der Waals surface area contributed by atoms with E-state index in [1.165, 1.54) is 6.92 Å². The summed E-state index contributed by atoms with van der Waals surface area (Å²) in [5, 5.41) is 11.9. The number of anilines is 1. The molecule has 2 amide bonds. The SMILES string of the molecule is CC(=O)Nc1ccc(/C=C/C(=O)N(C)C2CCC(CO)CC2)cc1. The van der Waals surface area contributed by atoms with Crippen LogP contribution in [0.3, 0.4) is 0 Å². The second kappa shape index (κ2) is 8.64. The molecule has 0 atom stereocenters. The molecule has 5 nitrogen and oxygen atoms in total. The molecule has 0 aliphatic heterocycles. The molecular formula is C19H26N2O3. The van der Waals surface area contributed by atoms with Crippen LogP contribution >= 0.6 is 0 Å². The zero-order chi connectivity index (χ0) is 17.5. The summed E-state index contributed by atoms with van der Waals surface area (Å²) < 4.78 is 0. The average molecular weight is 330 g/mol. The van der Waals surface area contributed by atoms with Gasteiger partial charge in [-0.3, -0.25) is 9.59 Å². The van der Waals surface area contributed by atoms with E-state index >= 15 is 0 Å². The number of rotatable bonds is 5. The molecule has 0 heterocycles. The normalized spacial score (nSPS) is 20.8. The van der Waals surface area contributed by atoms with Gasteiger partial charge < -0.3 is 15.3 Å². The van der Waals surface area contributed by atoms with E-state index in [-0.39, 0.29) is 24.5 Å². The lowest BCUT2D eigenvalue weighted by Crippen LogP contribution is -2.39. The summed E-state index contributed by atoms with van der Waals surface area (Å²) in [6, 6.07) is 7.60. The van der Waals surface area contributed by atoms with Gasteiger partial charge in [-0.2, -0.15) is 0 Å². The standard InChI is InChI=1S/C19H26N2O3/c1-14(23)20-17-8-3-15(4-9-17)7-12-19(24)21(2)18-10-5-16(13-22)6-11-18/h3-4,7-9,12,16,18,22H,5-6,10-11,13H2,1-2H3,(H,20,23)/b12-7+. The molecule has 0 saturated heterocycles. The first-order valence-corrected chi connectivity index (χ1v) is 8.43. The molecule has 1 fully saturated rings. The van der Waals surface area contributed by atoms with Gasteiger partial charge in [-0.05, 0) is 55.4 Å². The quantitative estimate of drug-likeness (QED) is 0.816. The molecule has 5 heteroatoms. The summed E-state index contributed by atoms with van der Waals surface area (Å²) >= 11 is 0. The van der Waals surface area contributed by atoms with Gasteiger partial charge in [-0.25, -0.2) is 0 Å². The summed E-state index contributed by atoms with van der Waals surface area (Å²) in [7, 11) is 1.84. The highest BCUT2D eigenvalue weighted by Crippen LogP contribution is 2.26. The Labute approximate surface area is 143 Å². The molecule has 2 N–H and O–H groups in total. The highest BCUT2D eigenvalue weighted by atomic mass is 16.3. The van der Waals surface area contributed by atoms with Crippen LogP contribution in [0.4, 0.5) is 5.69 Å². The minimum absolute atomic E-state index is 0.00612. The lowest BCUT2D eigenvalue weighted by atomic mass is 9.86. The summed E-state index contributed by atoms with van der Waals surface area (Å²) in [4.78, 5) is 25.1. The summed E-state index contributed by atoms with van der Waals surface area (Å²) in [6.07, 6.45) is 7.24. The Kier molecular flexibility index (Phi) is 6.55. The Bertz CT molecular complexity index is 587. The Hall–Kier alpha value is -2.14. The monoisotopic (exact) mass is 330 g/mol. The number of nitrogens with zero attached hydrogens (tertiary/aromatic N) is 1. The fourth-order valence-electron chi connectivity index (χ4n) is 3.06. The first-order valence-electron chi connectivity index (χ1n) is 8.43. The molecular weight excluding hydrogens is 304 g/mol. The molecule has 1 aliphatic carbocycles. The van der Waals surface area contributed by atoms with E-state index in [2.05, 4.69) is 5.32 Å². The van der Waals surface area contributed by atoms with Gasteiger partial charge in [0.1, 0.15) is 0 Å². The van der Waals surface area contributed by atoms with E-state index in [0.717, 1.165) is 36.9 Å². The average Bonchev–Trinajstić information content (AvgIpc) is 2.60. The maximum absolute atomic E-state index is 12.3. The van der Waals surface area contributed by atoms with Crippen molar-refractivity contribution in [1.29, 1.82) is 0 Å². The van der Waals surface area contributed by atoms with E-state index in [4.69, 9.17) is 0 Å². The number of aliphatic hydroxyl groups excluding tert-OH is 1. The Morgan fingerprint density at radius 1 is 1.21 bits per heavy atom. The number of nitrogens with one attached hydrogen (secondary N) is 1. The highest BCUT2D eigenvalue weighted by molar-refractivity contribution is 5.92.